The molecule has 0 aliphatic carbocycles. The number of nitrogens with one attached hydrogen (secondary N) is 1. The van der Waals surface area contributed by atoms with Gasteiger partial charge in [0.05, 0.1) is 18.2 Å². The molecule has 0 amide bonds. The van der Waals surface area contributed by atoms with Gasteiger partial charge in [0, 0.05) is 12.6 Å². The molecule has 1 aromatic rings. The number of nitrogens with zero attached hydrogens (tertiary/aromatic N) is 2. The zero-order chi connectivity index (χ0) is 14.3. The molecule has 0 saturated carbocycles. The Morgan fingerprint density at radius 2 is 2.10 bits per heavy atom. The summed E-state index contributed by atoms with van der Waals surface area (Å²) in [6.45, 7) is 2.53. The molecule has 0 saturated heterocycles. The number of aromatic nitrogens is 3. The summed E-state index contributed by atoms with van der Waals surface area (Å²) in [7, 11) is 1.59. The summed E-state index contributed by atoms with van der Waals surface area (Å²) in [5, 5.41) is 0.895. The largest absolute Gasteiger partial charge is 0.497 e. The van der Waals surface area contributed by atoms with Crippen molar-refractivity contribution in [1.82, 2.24) is 14.5 Å². The molecule has 0 spiro atoms. The molecule has 3 rings (SSSR count). The van der Waals surface area contributed by atoms with Gasteiger partial charge in [-0.05, 0) is 30.5 Å². The fourth-order valence-electron chi connectivity index (χ4n) is 2.38. The van der Waals surface area contributed by atoms with E-state index in [1.807, 2.05) is 29.7 Å². The normalized spacial score (nSPS) is 11.1. The van der Waals surface area contributed by atoms with Crippen LogP contribution in [0.5, 0.6) is 5.75 Å². The molecule has 6 heteroatoms. The van der Waals surface area contributed by atoms with E-state index in [9.17, 15) is 9.59 Å². The van der Waals surface area contributed by atoms with E-state index in [4.69, 9.17) is 4.74 Å². The zero-order valence-electron chi connectivity index (χ0n) is 11.1. The summed E-state index contributed by atoms with van der Waals surface area (Å²) in [4.78, 5) is 29.4. The fraction of sp³-hybridized carbons (Fsp3) is 0.214. The van der Waals surface area contributed by atoms with Gasteiger partial charge in [-0.25, -0.2) is 4.79 Å². The fourth-order valence-corrected chi connectivity index (χ4v) is 2.38. The summed E-state index contributed by atoms with van der Waals surface area (Å²) < 4.78 is 7.06. The van der Waals surface area contributed by atoms with E-state index in [0.717, 1.165) is 10.9 Å². The summed E-state index contributed by atoms with van der Waals surface area (Å²) >= 11 is 0. The lowest BCUT2D eigenvalue weighted by Gasteiger charge is -2.16. The number of rotatable bonds is 2. The number of ether oxygens (including phenoxy) is 1. The van der Waals surface area contributed by atoms with Gasteiger partial charge in [-0.1, -0.05) is 0 Å². The Labute approximate surface area is 114 Å². The quantitative estimate of drug-likeness (QED) is 0.711. The van der Waals surface area contributed by atoms with Crippen LogP contribution in [0.2, 0.25) is 0 Å². The minimum Gasteiger partial charge on any atom is -0.497 e. The first-order valence-electron chi connectivity index (χ1n) is 6.25. The number of pyridine rings is 1. The summed E-state index contributed by atoms with van der Waals surface area (Å²) in [6.07, 6.45) is 0. The molecule has 6 nitrogen and oxygen atoms in total. The molecule has 102 valence electrons. The maximum Gasteiger partial charge on any atom is 0.349 e. The first-order valence-corrected chi connectivity index (χ1v) is 6.25. The second-order valence-electron chi connectivity index (χ2n) is 4.42. The van der Waals surface area contributed by atoms with Crippen molar-refractivity contribution in [2.24, 2.45) is 0 Å². The standard InChI is InChI=1S/C14H13N3O3/c1-3-17-11-7-9(20-2)5-4-8(11)6-10-12(17)15-14(19)16-13(10)18/h4-7H,3H2,1-2H3,(H,16,18,19). The van der Waals surface area contributed by atoms with Crippen molar-refractivity contribution in [1.29, 1.82) is 0 Å². The van der Waals surface area contributed by atoms with Crippen LogP contribution in [0.3, 0.4) is 0 Å². The number of methoxy groups -OCH3 is 1. The van der Waals surface area contributed by atoms with Gasteiger partial charge in [0.1, 0.15) is 5.75 Å². The molecule has 0 fully saturated rings. The highest BCUT2D eigenvalue weighted by molar-refractivity contribution is 5.86. The number of aryl methyl sites for hydroxylation is 1. The van der Waals surface area contributed by atoms with Crippen LogP contribution in [0.1, 0.15) is 6.92 Å². The lowest BCUT2D eigenvalue weighted by atomic mass is 10.1. The van der Waals surface area contributed by atoms with Gasteiger partial charge >= 0.3 is 5.69 Å². The maximum atomic E-state index is 11.9. The van der Waals surface area contributed by atoms with Crippen molar-refractivity contribution >= 4 is 10.9 Å². The minimum atomic E-state index is -0.632. The van der Waals surface area contributed by atoms with Crippen LogP contribution in [0, 0.1) is 0 Å². The molecule has 2 aliphatic heterocycles. The highest BCUT2D eigenvalue weighted by Crippen LogP contribution is 2.26. The smallest absolute Gasteiger partial charge is 0.349 e. The highest BCUT2D eigenvalue weighted by Gasteiger charge is 2.16. The van der Waals surface area contributed by atoms with Crippen molar-refractivity contribution in [3.8, 4) is 17.1 Å². The van der Waals surface area contributed by atoms with E-state index in [0.29, 0.717) is 23.7 Å². The van der Waals surface area contributed by atoms with Crippen LogP contribution in [-0.4, -0.2) is 21.6 Å². The molecule has 1 aromatic carbocycles. The third-order valence-corrected chi connectivity index (χ3v) is 3.31. The molecule has 2 aliphatic rings. The number of H-pyrrole nitrogens is 1. The Bertz CT molecular complexity index is 879. The molecule has 0 unspecified atom stereocenters. The number of fused-ring (bicyclic) bond motifs is 2. The number of aromatic amines is 1. The Balaban J connectivity index is 2.54. The van der Waals surface area contributed by atoms with Gasteiger partial charge in [0.15, 0.2) is 5.82 Å². The van der Waals surface area contributed by atoms with E-state index in [1.165, 1.54) is 0 Å². The van der Waals surface area contributed by atoms with Gasteiger partial charge in [0.25, 0.3) is 5.56 Å². The third-order valence-electron chi connectivity index (χ3n) is 3.31. The summed E-state index contributed by atoms with van der Waals surface area (Å²) in [5.41, 5.74) is 0.229. The van der Waals surface area contributed by atoms with E-state index >= 15 is 0 Å². The molecule has 2 heterocycles. The van der Waals surface area contributed by atoms with Crippen molar-refractivity contribution in [3.63, 3.8) is 0 Å². The lowest BCUT2D eigenvalue weighted by molar-refractivity contribution is 0.415. The topological polar surface area (TPSA) is 77.0 Å². The summed E-state index contributed by atoms with van der Waals surface area (Å²) in [5.74, 6) is 1.10. The molecule has 20 heavy (non-hydrogen) atoms. The van der Waals surface area contributed by atoms with Gasteiger partial charge in [-0.15, -0.1) is 0 Å². The SMILES string of the molecule is CCn1c2nc(=O)[nH]c(=O)c-2cc2ccc(OC)cc21. The first-order chi connectivity index (χ1) is 9.63. The van der Waals surface area contributed by atoms with Crippen LogP contribution >= 0.6 is 0 Å². The van der Waals surface area contributed by atoms with Crippen molar-refractivity contribution in [3.05, 3.63) is 45.1 Å². The van der Waals surface area contributed by atoms with Crippen LogP contribution in [0.15, 0.2) is 33.9 Å². The number of benzene rings is 1. The minimum absolute atomic E-state index is 0.391. The van der Waals surface area contributed by atoms with E-state index in [-0.39, 0.29) is 0 Å². The number of hydrogen-bond donors (Lipinski definition) is 1. The second kappa shape index (κ2) is 4.48. The highest BCUT2D eigenvalue weighted by atomic mass is 16.5. The van der Waals surface area contributed by atoms with Crippen LogP contribution in [0.4, 0.5) is 0 Å². The van der Waals surface area contributed by atoms with E-state index < -0.39 is 11.2 Å². The van der Waals surface area contributed by atoms with Gasteiger partial charge in [0.2, 0.25) is 0 Å². The molecular weight excluding hydrogens is 258 g/mol. The van der Waals surface area contributed by atoms with Gasteiger partial charge < -0.3 is 9.30 Å². The molecule has 0 radical (unpaired) electrons. The second-order valence-corrected chi connectivity index (χ2v) is 4.42. The van der Waals surface area contributed by atoms with Crippen LogP contribution in [0.25, 0.3) is 22.3 Å². The first kappa shape index (κ1) is 12.4. The van der Waals surface area contributed by atoms with Crippen LogP contribution < -0.4 is 16.0 Å². The maximum absolute atomic E-state index is 11.9. The van der Waals surface area contributed by atoms with Crippen molar-refractivity contribution in [2.45, 2.75) is 13.5 Å². The Hall–Kier alpha value is -2.63. The van der Waals surface area contributed by atoms with E-state index in [1.54, 1.807) is 13.2 Å². The van der Waals surface area contributed by atoms with Gasteiger partial charge in [-0.3, -0.25) is 9.78 Å². The molecule has 0 aromatic heterocycles. The average Bonchev–Trinajstić information content (AvgIpc) is 2.44. The van der Waals surface area contributed by atoms with Crippen molar-refractivity contribution < 1.29 is 4.74 Å². The molecule has 0 bridgehead atoms. The van der Waals surface area contributed by atoms with Crippen LogP contribution in [-0.2, 0) is 6.54 Å². The zero-order valence-corrected chi connectivity index (χ0v) is 11.1. The Morgan fingerprint density at radius 1 is 1.30 bits per heavy atom. The Morgan fingerprint density at radius 3 is 2.80 bits per heavy atom. The third kappa shape index (κ3) is 1.77. The summed E-state index contributed by atoms with van der Waals surface area (Å²) in [6, 6.07) is 7.31. The molecule has 0 atom stereocenters. The predicted molar refractivity (Wildman–Crippen MR) is 75.5 cm³/mol. The van der Waals surface area contributed by atoms with E-state index in [2.05, 4.69) is 9.97 Å². The number of hydrogen-bond acceptors (Lipinski definition) is 4. The predicted octanol–water partition coefficient (Wildman–Crippen LogP) is 1.22. The Kier molecular flexibility index (Phi) is 2.78. The molecule has 1 N–H and O–H groups in total. The lowest BCUT2D eigenvalue weighted by Crippen LogP contribution is -2.27. The van der Waals surface area contributed by atoms with Gasteiger partial charge in [-0.2, -0.15) is 4.98 Å². The van der Waals surface area contributed by atoms with Crippen molar-refractivity contribution in [2.75, 3.05) is 7.11 Å². The average molecular weight is 271 g/mol. The monoisotopic (exact) mass is 271 g/mol. The molecular formula is C14H13N3O3.